The number of hydrogen-bond acceptors (Lipinski definition) is 5. The lowest BCUT2D eigenvalue weighted by Gasteiger charge is -2.23. The first-order valence-electron chi connectivity index (χ1n) is 8.48. The van der Waals surface area contributed by atoms with Crippen molar-refractivity contribution in [2.24, 2.45) is 5.92 Å². The predicted octanol–water partition coefficient (Wildman–Crippen LogP) is 0.911. The monoisotopic (exact) mass is 348 g/mol. The molecule has 0 aromatic heterocycles. The third-order valence-corrected chi connectivity index (χ3v) is 4.53. The van der Waals surface area contributed by atoms with Crippen molar-refractivity contribution in [2.75, 3.05) is 47.1 Å². The van der Waals surface area contributed by atoms with Crippen molar-refractivity contribution >= 4 is 11.8 Å². The number of carbonyl (C=O) groups is 2. The summed E-state index contributed by atoms with van der Waals surface area (Å²) in [6, 6.07) is 5.71. The first-order chi connectivity index (χ1) is 12.1. The summed E-state index contributed by atoms with van der Waals surface area (Å²) in [7, 11) is 3.37. The largest absolute Gasteiger partial charge is 0.486 e. The highest BCUT2D eigenvalue weighted by atomic mass is 16.6. The second kappa shape index (κ2) is 7.74. The molecule has 1 unspecified atom stereocenters. The molecule has 3 rings (SSSR count). The van der Waals surface area contributed by atoms with Crippen molar-refractivity contribution in [3.63, 3.8) is 0 Å². The first-order valence-corrected chi connectivity index (χ1v) is 8.48. The lowest BCUT2D eigenvalue weighted by atomic mass is 10.1. The van der Waals surface area contributed by atoms with Crippen molar-refractivity contribution in [1.82, 2.24) is 9.80 Å². The molecule has 1 saturated heterocycles. The van der Waals surface area contributed by atoms with Gasteiger partial charge in [0.1, 0.15) is 13.2 Å². The van der Waals surface area contributed by atoms with Crippen LogP contribution in [0.4, 0.5) is 0 Å². The maximum atomic E-state index is 12.7. The number of rotatable bonds is 6. The Kier molecular flexibility index (Phi) is 5.43. The van der Waals surface area contributed by atoms with E-state index in [2.05, 4.69) is 0 Å². The fourth-order valence-corrected chi connectivity index (χ4v) is 3.20. The van der Waals surface area contributed by atoms with Gasteiger partial charge in [0, 0.05) is 40.2 Å². The molecule has 0 radical (unpaired) electrons. The molecule has 1 aromatic carbocycles. The molecule has 1 aromatic rings. The minimum Gasteiger partial charge on any atom is -0.486 e. The number of nitrogens with zero attached hydrogens (tertiary/aromatic N) is 2. The minimum absolute atomic E-state index is 0.0110. The highest BCUT2D eigenvalue weighted by Crippen LogP contribution is 2.31. The van der Waals surface area contributed by atoms with E-state index in [0.29, 0.717) is 45.2 Å². The number of fused-ring (bicyclic) bond motifs is 1. The summed E-state index contributed by atoms with van der Waals surface area (Å²) < 4.78 is 16.1. The van der Waals surface area contributed by atoms with E-state index in [-0.39, 0.29) is 24.2 Å². The van der Waals surface area contributed by atoms with Gasteiger partial charge in [-0.25, -0.2) is 0 Å². The molecule has 7 nitrogen and oxygen atoms in total. The number of benzene rings is 1. The summed E-state index contributed by atoms with van der Waals surface area (Å²) in [5.41, 5.74) is 0.973. The topological polar surface area (TPSA) is 68.3 Å². The molecule has 0 bridgehead atoms. The normalized spacial score (nSPS) is 19.2. The molecule has 136 valence electrons. The number of amides is 2. The van der Waals surface area contributed by atoms with E-state index < -0.39 is 0 Å². The van der Waals surface area contributed by atoms with Crippen LogP contribution in [-0.2, 0) is 20.9 Å². The lowest BCUT2D eigenvalue weighted by Crippen LogP contribution is -2.35. The summed E-state index contributed by atoms with van der Waals surface area (Å²) in [6.07, 6.45) is 0.272. The third-order valence-electron chi connectivity index (χ3n) is 4.53. The van der Waals surface area contributed by atoms with Crippen LogP contribution in [0.2, 0.25) is 0 Å². The van der Waals surface area contributed by atoms with Crippen molar-refractivity contribution in [3.05, 3.63) is 23.8 Å². The van der Waals surface area contributed by atoms with Gasteiger partial charge in [0.25, 0.3) is 0 Å². The zero-order valence-electron chi connectivity index (χ0n) is 14.7. The second-order valence-corrected chi connectivity index (χ2v) is 6.41. The van der Waals surface area contributed by atoms with Crippen molar-refractivity contribution < 1.29 is 23.8 Å². The maximum absolute atomic E-state index is 12.7. The number of carbonyl (C=O) groups excluding carboxylic acids is 2. The Morgan fingerprint density at radius 1 is 1.32 bits per heavy atom. The third kappa shape index (κ3) is 4.04. The molecular formula is C18H24N2O5. The van der Waals surface area contributed by atoms with Crippen LogP contribution in [0.15, 0.2) is 18.2 Å². The molecule has 0 saturated carbocycles. The van der Waals surface area contributed by atoms with Gasteiger partial charge in [0.05, 0.1) is 12.5 Å². The SMILES string of the molecule is COCCN1CC(C(=O)N(C)Cc2ccc3c(c2)OCCO3)CC1=O. The van der Waals surface area contributed by atoms with Gasteiger partial charge in [0.15, 0.2) is 11.5 Å². The summed E-state index contributed by atoms with van der Waals surface area (Å²) in [5.74, 6) is 1.17. The van der Waals surface area contributed by atoms with Crippen LogP contribution in [0.25, 0.3) is 0 Å². The lowest BCUT2D eigenvalue weighted by molar-refractivity contribution is -0.135. The van der Waals surface area contributed by atoms with E-state index in [1.165, 1.54) is 0 Å². The summed E-state index contributed by atoms with van der Waals surface area (Å²) in [4.78, 5) is 28.0. The number of likely N-dealkylation sites (tertiary alicyclic amines) is 1. The van der Waals surface area contributed by atoms with Gasteiger partial charge in [-0.15, -0.1) is 0 Å². The van der Waals surface area contributed by atoms with Gasteiger partial charge in [-0.3, -0.25) is 9.59 Å². The van der Waals surface area contributed by atoms with Crippen LogP contribution in [-0.4, -0.2) is 68.7 Å². The summed E-state index contributed by atoms with van der Waals surface area (Å²) in [6.45, 7) is 3.04. The molecule has 0 N–H and O–H groups in total. The van der Waals surface area contributed by atoms with Crippen LogP contribution >= 0.6 is 0 Å². The van der Waals surface area contributed by atoms with Gasteiger partial charge >= 0.3 is 0 Å². The van der Waals surface area contributed by atoms with E-state index in [1.54, 1.807) is 24.0 Å². The second-order valence-electron chi connectivity index (χ2n) is 6.41. The fourth-order valence-electron chi connectivity index (χ4n) is 3.20. The number of methoxy groups -OCH3 is 1. The molecule has 0 aliphatic carbocycles. The molecular weight excluding hydrogens is 324 g/mol. The Labute approximate surface area is 147 Å². The van der Waals surface area contributed by atoms with Crippen LogP contribution in [0, 0.1) is 5.92 Å². The molecule has 2 amide bonds. The molecule has 2 aliphatic heterocycles. The van der Waals surface area contributed by atoms with Gasteiger partial charge in [0.2, 0.25) is 11.8 Å². The standard InChI is InChI=1S/C18H24N2O5/c1-19(11-13-3-4-15-16(9-13)25-8-7-24-15)18(22)14-10-17(21)20(12-14)5-6-23-2/h3-4,9,14H,5-8,10-12H2,1-2H3. The summed E-state index contributed by atoms with van der Waals surface area (Å²) in [5, 5.41) is 0. The van der Waals surface area contributed by atoms with Gasteiger partial charge in [-0.05, 0) is 17.7 Å². The molecule has 2 aliphatic rings. The Morgan fingerprint density at radius 2 is 2.08 bits per heavy atom. The Balaban J connectivity index is 1.58. The average molecular weight is 348 g/mol. The van der Waals surface area contributed by atoms with Crippen molar-refractivity contribution in [2.45, 2.75) is 13.0 Å². The molecule has 25 heavy (non-hydrogen) atoms. The smallest absolute Gasteiger partial charge is 0.228 e. The average Bonchev–Trinajstić information content (AvgIpc) is 2.99. The zero-order chi connectivity index (χ0) is 17.8. The molecule has 1 fully saturated rings. The van der Waals surface area contributed by atoms with E-state index in [9.17, 15) is 9.59 Å². The quantitative estimate of drug-likeness (QED) is 0.764. The van der Waals surface area contributed by atoms with Gasteiger partial charge in [-0.2, -0.15) is 0 Å². The number of ether oxygens (including phenoxy) is 3. The van der Waals surface area contributed by atoms with E-state index >= 15 is 0 Å². The number of hydrogen-bond donors (Lipinski definition) is 0. The minimum atomic E-state index is -0.286. The van der Waals surface area contributed by atoms with Crippen LogP contribution in [0.3, 0.4) is 0 Å². The van der Waals surface area contributed by atoms with Crippen molar-refractivity contribution in [1.29, 1.82) is 0 Å². The van der Waals surface area contributed by atoms with Crippen LogP contribution in [0.5, 0.6) is 11.5 Å². The zero-order valence-corrected chi connectivity index (χ0v) is 14.7. The molecule has 2 heterocycles. The molecule has 0 spiro atoms. The highest BCUT2D eigenvalue weighted by molar-refractivity contribution is 5.89. The summed E-state index contributed by atoms with van der Waals surface area (Å²) >= 11 is 0. The van der Waals surface area contributed by atoms with E-state index in [0.717, 1.165) is 11.3 Å². The predicted molar refractivity (Wildman–Crippen MR) is 90.5 cm³/mol. The molecule has 7 heteroatoms. The first kappa shape index (κ1) is 17.5. The van der Waals surface area contributed by atoms with E-state index in [1.807, 2.05) is 18.2 Å². The Morgan fingerprint density at radius 3 is 2.84 bits per heavy atom. The van der Waals surface area contributed by atoms with Gasteiger partial charge < -0.3 is 24.0 Å². The molecule has 1 atom stereocenters. The highest BCUT2D eigenvalue weighted by Gasteiger charge is 2.35. The van der Waals surface area contributed by atoms with Crippen molar-refractivity contribution in [3.8, 4) is 11.5 Å². The maximum Gasteiger partial charge on any atom is 0.228 e. The van der Waals surface area contributed by atoms with Crippen LogP contribution in [0.1, 0.15) is 12.0 Å². The Hall–Kier alpha value is -2.28. The van der Waals surface area contributed by atoms with E-state index in [4.69, 9.17) is 14.2 Å². The van der Waals surface area contributed by atoms with Crippen LogP contribution < -0.4 is 9.47 Å². The fraction of sp³-hybridized carbons (Fsp3) is 0.556. The Bertz CT molecular complexity index is 648. The van der Waals surface area contributed by atoms with Gasteiger partial charge in [-0.1, -0.05) is 6.07 Å².